The van der Waals surface area contributed by atoms with Gasteiger partial charge in [-0.2, -0.15) is 4.98 Å². The Kier molecular flexibility index (Phi) is 4.41. The molecule has 13 nitrogen and oxygen atoms in total. The number of H-pyrrole nitrogens is 1. The number of aromatic amines is 1. The highest BCUT2D eigenvalue weighted by Gasteiger charge is 2.45. The first kappa shape index (κ1) is 17.9. The summed E-state index contributed by atoms with van der Waals surface area (Å²) in [5.74, 6) is 0.0828. The van der Waals surface area contributed by atoms with Gasteiger partial charge in [0.15, 0.2) is 17.4 Å². The molecule has 4 atom stereocenters. The first-order chi connectivity index (χ1) is 11.6. The summed E-state index contributed by atoms with van der Waals surface area (Å²) in [5, 5.41) is 20.3. The number of aryl methyl sites for hydroxylation is 1. The molecule has 14 heteroatoms. The predicted octanol–water partition coefficient (Wildman–Crippen LogP) is -2.26. The SMILES string of the molecule is Cc1nc2c(=O)[nH]c(N)nc2n1[C@@H]1O[C@H](COP(=O)(O)O)[C@@H](O)C1O. The number of aromatic nitrogens is 4. The standard InChI is InChI=1S/C11H16N5O8P/c1-3-13-5-8(14-11(12)15-9(5)19)16(3)10-7(18)6(17)4(24-10)2-23-25(20,21)22/h4,6-7,10,17-18H,2H2,1H3,(H2,20,21,22)(H3,12,14,15,19)/t4-,6-,7?,10-/m1/s1. The van der Waals surface area contributed by atoms with Gasteiger partial charge < -0.3 is 30.5 Å². The van der Waals surface area contributed by atoms with Crippen molar-refractivity contribution < 1.29 is 33.8 Å². The number of hydrogen-bond donors (Lipinski definition) is 6. The van der Waals surface area contributed by atoms with Gasteiger partial charge in [0.05, 0.1) is 6.61 Å². The maximum atomic E-state index is 11.9. The average molecular weight is 377 g/mol. The molecule has 3 heterocycles. The molecule has 0 saturated carbocycles. The van der Waals surface area contributed by atoms with Gasteiger partial charge >= 0.3 is 7.82 Å². The molecular weight excluding hydrogens is 361 g/mol. The number of nitrogen functional groups attached to an aromatic ring is 1. The zero-order valence-corrected chi connectivity index (χ0v) is 13.7. The molecule has 0 aromatic carbocycles. The van der Waals surface area contributed by atoms with Gasteiger partial charge in [-0.05, 0) is 6.92 Å². The largest absolute Gasteiger partial charge is 0.469 e. The molecule has 1 aliphatic rings. The molecule has 1 fully saturated rings. The van der Waals surface area contributed by atoms with Gasteiger partial charge in [-0.3, -0.25) is 18.9 Å². The van der Waals surface area contributed by atoms with Crippen LogP contribution in [0.25, 0.3) is 11.2 Å². The normalized spacial score (nSPS) is 27.2. The Balaban J connectivity index is 1.97. The van der Waals surface area contributed by atoms with Crippen molar-refractivity contribution in [1.82, 2.24) is 19.5 Å². The van der Waals surface area contributed by atoms with Crippen molar-refractivity contribution in [3.63, 3.8) is 0 Å². The Bertz CT molecular complexity index is 906. The van der Waals surface area contributed by atoms with E-state index >= 15 is 0 Å². The molecule has 1 aliphatic heterocycles. The van der Waals surface area contributed by atoms with Crippen LogP contribution in [-0.2, 0) is 13.8 Å². The topological polar surface area (TPSA) is 206 Å². The van der Waals surface area contributed by atoms with Crippen LogP contribution in [0.2, 0.25) is 0 Å². The molecule has 1 saturated heterocycles. The van der Waals surface area contributed by atoms with Crippen LogP contribution in [0.1, 0.15) is 12.1 Å². The summed E-state index contributed by atoms with van der Waals surface area (Å²) in [6.07, 6.45) is -5.40. The van der Waals surface area contributed by atoms with Crippen LogP contribution < -0.4 is 11.3 Å². The van der Waals surface area contributed by atoms with Crippen molar-refractivity contribution in [2.24, 2.45) is 0 Å². The summed E-state index contributed by atoms with van der Waals surface area (Å²) < 4.78 is 21.8. The number of anilines is 1. The van der Waals surface area contributed by atoms with Gasteiger partial charge in [0, 0.05) is 0 Å². The molecule has 0 amide bonds. The summed E-state index contributed by atoms with van der Waals surface area (Å²) in [6, 6.07) is 0. The molecule has 2 aromatic heterocycles. The van der Waals surface area contributed by atoms with E-state index in [4.69, 9.17) is 20.3 Å². The number of aliphatic hydroxyl groups excluding tert-OH is 2. The van der Waals surface area contributed by atoms with Crippen molar-refractivity contribution in [1.29, 1.82) is 0 Å². The summed E-state index contributed by atoms with van der Waals surface area (Å²) in [7, 11) is -4.77. The minimum absolute atomic E-state index is 0.0338. The third-order valence-corrected chi connectivity index (χ3v) is 4.23. The Morgan fingerprint density at radius 3 is 2.68 bits per heavy atom. The van der Waals surface area contributed by atoms with E-state index in [1.807, 2.05) is 0 Å². The van der Waals surface area contributed by atoms with Crippen molar-refractivity contribution in [3.05, 3.63) is 16.2 Å². The van der Waals surface area contributed by atoms with E-state index in [9.17, 15) is 19.6 Å². The van der Waals surface area contributed by atoms with Crippen LogP contribution in [-0.4, -0.2) is 64.4 Å². The lowest BCUT2D eigenvalue weighted by Crippen LogP contribution is -2.33. The molecule has 0 bridgehead atoms. The summed E-state index contributed by atoms with van der Waals surface area (Å²) in [6.45, 7) is 0.875. The first-order valence-corrected chi connectivity index (χ1v) is 8.57. The van der Waals surface area contributed by atoms with Crippen molar-refractivity contribution in [2.45, 2.75) is 31.5 Å². The van der Waals surface area contributed by atoms with Gasteiger partial charge in [0.2, 0.25) is 5.95 Å². The van der Waals surface area contributed by atoms with E-state index in [0.717, 1.165) is 0 Å². The second-order valence-electron chi connectivity index (χ2n) is 5.49. The number of hydrogen-bond acceptors (Lipinski definition) is 9. The third kappa shape index (κ3) is 3.30. The van der Waals surface area contributed by atoms with E-state index in [2.05, 4.69) is 19.5 Å². The van der Waals surface area contributed by atoms with Gasteiger partial charge in [0.25, 0.3) is 5.56 Å². The molecule has 25 heavy (non-hydrogen) atoms. The van der Waals surface area contributed by atoms with Gasteiger partial charge in [-0.1, -0.05) is 0 Å². The second kappa shape index (κ2) is 6.14. The Morgan fingerprint density at radius 2 is 2.04 bits per heavy atom. The van der Waals surface area contributed by atoms with Crippen LogP contribution in [0, 0.1) is 6.92 Å². The number of fused-ring (bicyclic) bond motifs is 1. The lowest BCUT2D eigenvalue weighted by atomic mass is 10.1. The first-order valence-electron chi connectivity index (χ1n) is 7.04. The molecule has 0 radical (unpaired) electrons. The summed E-state index contributed by atoms with van der Waals surface area (Å²) >= 11 is 0. The Labute approximate surface area is 139 Å². The van der Waals surface area contributed by atoms with Crippen LogP contribution in [0.15, 0.2) is 4.79 Å². The average Bonchev–Trinajstić information content (AvgIpc) is 2.95. The number of nitrogens with zero attached hydrogens (tertiary/aromatic N) is 3. The molecule has 0 spiro atoms. The van der Waals surface area contributed by atoms with Crippen LogP contribution in [0.4, 0.5) is 5.95 Å². The van der Waals surface area contributed by atoms with Gasteiger partial charge in [-0.15, -0.1) is 0 Å². The molecule has 3 rings (SSSR count). The van der Waals surface area contributed by atoms with Crippen molar-refractivity contribution in [3.8, 4) is 0 Å². The number of phosphoric ester groups is 1. The smallest absolute Gasteiger partial charge is 0.387 e. The molecule has 7 N–H and O–H groups in total. The molecule has 0 aliphatic carbocycles. The lowest BCUT2D eigenvalue weighted by molar-refractivity contribution is -0.0512. The monoisotopic (exact) mass is 377 g/mol. The fourth-order valence-electron chi connectivity index (χ4n) is 2.67. The zero-order chi connectivity index (χ0) is 18.5. The van der Waals surface area contributed by atoms with Crippen molar-refractivity contribution >= 4 is 24.9 Å². The van der Waals surface area contributed by atoms with E-state index in [-0.39, 0.29) is 22.9 Å². The maximum Gasteiger partial charge on any atom is 0.469 e. The van der Waals surface area contributed by atoms with Gasteiger partial charge in [0.1, 0.15) is 24.1 Å². The Hall–Kier alpha value is -1.86. The van der Waals surface area contributed by atoms with Crippen LogP contribution in [0.5, 0.6) is 0 Å². The number of aliphatic hydroxyl groups is 2. The number of phosphoric acid groups is 1. The highest BCUT2D eigenvalue weighted by Crippen LogP contribution is 2.39. The maximum absolute atomic E-state index is 11.9. The highest BCUT2D eigenvalue weighted by molar-refractivity contribution is 7.46. The van der Waals surface area contributed by atoms with E-state index in [1.165, 1.54) is 11.5 Å². The van der Waals surface area contributed by atoms with E-state index < -0.39 is 44.5 Å². The molecule has 138 valence electrons. The molecule has 2 aromatic rings. The summed E-state index contributed by atoms with van der Waals surface area (Å²) in [4.78, 5) is 39.7. The van der Waals surface area contributed by atoms with Crippen LogP contribution in [0.3, 0.4) is 0 Å². The quantitative estimate of drug-likeness (QED) is 0.313. The number of imidazole rings is 1. The second-order valence-corrected chi connectivity index (χ2v) is 6.72. The summed E-state index contributed by atoms with van der Waals surface area (Å²) in [5.41, 5.74) is 4.93. The molecule has 1 unspecified atom stereocenters. The number of rotatable bonds is 4. The number of nitrogens with one attached hydrogen (secondary N) is 1. The minimum Gasteiger partial charge on any atom is -0.387 e. The molecular formula is C11H16N5O8P. The fourth-order valence-corrected chi connectivity index (χ4v) is 3.01. The third-order valence-electron chi connectivity index (χ3n) is 3.74. The van der Waals surface area contributed by atoms with Crippen LogP contribution >= 0.6 is 7.82 Å². The Morgan fingerprint density at radius 1 is 1.36 bits per heavy atom. The van der Waals surface area contributed by atoms with E-state index in [0.29, 0.717) is 0 Å². The van der Waals surface area contributed by atoms with E-state index in [1.54, 1.807) is 0 Å². The van der Waals surface area contributed by atoms with Gasteiger partial charge in [-0.25, -0.2) is 9.55 Å². The fraction of sp³-hybridized carbons (Fsp3) is 0.545. The van der Waals surface area contributed by atoms with Crippen molar-refractivity contribution in [2.75, 3.05) is 12.3 Å². The lowest BCUT2D eigenvalue weighted by Gasteiger charge is -2.18. The minimum atomic E-state index is -4.77. The predicted molar refractivity (Wildman–Crippen MR) is 81.2 cm³/mol. The number of ether oxygens (including phenoxy) is 1. The highest BCUT2D eigenvalue weighted by atomic mass is 31.2. The number of nitrogens with two attached hydrogens (primary N) is 1. The zero-order valence-electron chi connectivity index (χ0n) is 12.8.